The van der Waals surface area contributed by atoms with Crippen LogP contribution in [-0.2, 0) is 11.8 Å². The van der Waals surface area contributed by atoms with Crippen molar-refractivity contribution in [3.05, 3.63) is 70.3 Å². The largest absolute Gasteiger partial charge is 0.340 e. The van der Waals surface area contributed by atoms with E-state index in [0.717, 1.165) is 17.7 Å². The first-order valence-corrected chi connectivity index (χ1v) is 6.97. The van der Waals surface area contributed by atoms with Crippen molar-refractivity contribution in [2.75, 3.05) is 6.54 Å². The van der Waals surface area contributed by atoms with Crippen molar-refractivity contribution in [2.45, 2.75) is 24.7 Å². The lowest BCUT2D eigenvalue weighted by Crippen LogP contribution is -2.35. The number of alkyl halides is 4. The van der Waals surface area contributed by atoms with Crippen molar-refractivity contribution in [3.63, 3.8) is 0 Å². The predicted molar refractivity (Wildman–Crippen MR) is 76.3 cm³/mol. The van der Waals surface area contributed by atoms with Crippen LogP contribution in [0.25, 0.3) is 0 Å². The van der Waals surface area contributed by atoms with E-state index in [9.17, 15) is 17.6 Å². The molecule has 2 aromatic carbocycles. The Morgan fingerprint density at radius 1 is 0.909 bits per heavy atom. The Hall–Kier alpha value is -1.88. The summed E-state index contributed by atoms with van der Waals surface area (Å²) in [5, 5.41) is 0. The van der Waals surface area contributed by atoms with E-state index < -0.39 is 28.9 Å². The van der Waals surface area contributed by atoms with Gasteiger partial charge in [0.25, 0.3) is 0 Å². The van der Waals surface area contributed by atoms with E-state index in [0.29, 0.717) is 0 Å². The molecule has 0 spiro atoms. The predicted octanol–water partition coefficient (Wildman–Crippen LogP) is 4.28. The summed E-state index contributed by atoms with van der Waals surface area (Å²) in [6.07, 6.45) is 0. The molecule has 1 nitrogen and oxygen atoms in total. The third kappa shape index (κ3) is 1.88. The van der Waals surface area contributed by atoms with E-state index in [2.05, 4.69) is 0 Å². The second-order valence-corrected chi connectivity index (χ2v) is 5.62. The molecule has 0 amide bonds. The van der Waals surface area contributed by atoms with Gasteiger partial charge in [-0.25, -0.2) is 0 Å². The molecule has 1 aliphatic carbocycles. The molecule has 0 saturated heterocycles. The molecule has 1 atom stereocenters. The lowest BCUT2D eigenvalue weighted by atomic mass is 9.87. The summed E-state index contributed by atoms with van der Waals surface area (Å²) >= 11 is 0. The minimum atomic E-state index is -4.28. The molecule has 22 heavy (non-hydrogen) atoms. The highest BCUT2D eigenvalue weighted by atomic mass is 19.3. The van der Waals surface area contributed by atoms with Crippen LogP contribution in [0.2, 0.25) is 0 Å². The van der Waals surface area contributed by atoms with Gasteiger partial charge < -0.3 is 5.73 Å². The lowest BCUT2D eigenvalue weighted by molar-refractivity contribution is -0.223. The highest BCUT2D eigenvalue weighted by Crippen LogP contribution is 2.55. The number of fused-ring (bicyclic) bond motifs is 2. The summed E-state index contributed by atoms with van der Waals surface area (Å²) < 4.78 is 58.2. The minimum absolute atomic E-state index is 0.0143. The van der Waals surface area contributed by atoms with Gasteiger partial charge in [-0.15, -0.1) is 0 Å². The fraction of sp³-hybridized carbons (Fsp3) is 0.294. The second kappa shape index (κ2) is 4.81. The minimum Gasteiger partial charge on any atom is -0.330 e. The van der Waals surface area contributed by atoms with Gasteiger partial charge in [0.1, 0.15) is 0 Å². The molecule has 0 saturated carbocycles. The third-order valence-electron chi connectivity index (χ3n) is 4.23. The Balaban J connectivity index is 2.43. The van der Waals surface area contributed by atoms with E-state index in [-0.39, 0.29) is 17.7 Å². The summed E-state index contributed by atoms with van der Waals surface area (Å²) in [5.74, 6) is -9.24. The van der Waals surface area contributed by atoms with E-state index in [1.165, 1.54) is 24.3 Å². The van der Waals surface area contributed by atoms with Gasteiger partial charge in [0, 0.05) is 23.6 Å². The Labute approximate surface area is 125 Å². The maximum Gasteiger partial charge on any atom is 0.340 e. The molecule has 1 aliphatic rings. The van der Waals surface area contributed by atoms with Gasteiger partial charge in [-0.05, 0) is 18.1 Å². The normalized spacial score (nSPS) is 21.6. The van der Waals surface area contributed by atoms with E-state index >= 15 is 0 Å². The Kier molecular flexibility index (Phi) is 3.29. The van der Waals surface area contributed by atoms with Crippen LogP contribution < -0.4 is 5.73 Å². The summed E-state index contributed by atoms with van der Waals surface area (Å²) in [5.41, 5.74) is 5.52. The molecule has 0 aromatic heterocycles. The number of aryl methyl sites for hydroxylation is 1. The van der Waals surface area contributed by atoms with E-state index in [1.807, 2.05) is 0 Å². The summed E-state index contributed by atoms with van der Waals surface area (Å²) in [7, 11) is 0. The Morgan fingerprint density at radius 3 is 2.14 bits per heavy atom. The van der Waals surface area contributed by atoms with Crippen molar-refractivity contribution in [2.24, 2.45) is 5.73 Å². The molecule has 0 fully saturated rings. The van der Waals surface area contributed by atoms with Crippen LogP contribution in [0.5, 0.6) is 0 Å². The number of hydrogen-bond donors (Lipinski definition) is 1. The maximum absolute atomic E-state index is 14.6. The van der Waals surface area contributed by atoms with Crippen LogP contribution in [0.15, 0.2) is 42.5 Å². The molecule has 0 radical (unpaired) electrons. The molecule has 2 aromatic rings. The van der Waals surface area contributed by atoms with Crippen molar-refractivity contribution in [1.29, 1.82) is 0 Å². The van der Waals surface area contributed by atoms with Crippen LogP contribution in [0.3, 0.4) is 0 Å². The number of benzene rings is 2. The smallest absolute Gasteiger partial charge is 0.330 e. The molecular weight excluding hydrogens is 294 g/mol. The SMILES string of the molecule is Cc1ccc2c(c1)C(CN)c1ccccc1C(F)(F)C2(F)F. The van der Waals surface area contributed by atoms with Gasteiger partial charge in [0.15, 0.2) is 0 Å². The summed E-state index contributed by atoms with van der Waals surface area (Å²) in [6, 6.07) is 9.46. The first-order chi connectivity index (χ1) is 10.3. The molecule has 2 N–H and O–H groups in total. The van der Waals surface area contributed by atoms with Gasteiger partial charge in [0.05, 0.1) is 0 Å². The standard InChI is InChI=1S/C17H15F4N/c1-10-6-7-15-12(8-10)13(9-22)11-4-2-3-5-14(11)16(18,19)17(15,20)21/h2-8,13H,9,22H2,1H3. The van der Waals surface area contributed by atoms with E-state index in [4.69, 9.17) is 5.73 Å². The van der Waals surface area contributed by atoms with Crippen molar-refractivity contribution < 1.29 is 17.6 Å². The first kappa shape index (κ1) is 15.0. The molecule has 1 unspecified atom stereocenters. The molecule has 116 valence electrons. The van der Waals surface area contributed by atoms with Crippen LogP contribution in [-0.4, -0.2) is 6.54 Å². The number of rotatable bonds is 1. The highest BCUT2D eigenvalue weighted by molar-refractivity contribution is 5.51. The summed E-state index contributed by atoms with van der Waals surface area (Å²) in [4.78, 5) is 0. The van der Waals surface area contributed by atoms with Gasteiger partial charge in [-0.2, -0.15) is 17.6 Å². The number of halogens is 4. The Bertz CT molecular complexity index is 724. The van der Waals surface area contributed by atoms with E-state index in [1.54, 1.807) is 13.0 Å². The number of hydrogen-bond acceptors (Lipinski definition) is 1. The number of nitrogens with two attached hydrogens (primary N) is 1. The fourth-order valence-electron chi connectivity index (χ4n) is 3.10. The van der Waals surface area contributed by atoms with Crippen LogP contribution in [0.1, 0.15) is 33.7 Å². The topological polar surface area (TPSA) is 26.0 Å². The molecule has 0 bridgehead atoms. The monoisotopic (exact) mass is 309 g/mol. The third-order valence-corrected chi connectivity index (χ3v) is 4.23. The molecule has 0 heterocycles. The average Bonchev–Trinajstić information content (AvgIpc) is 2.52. The van der Waals surface area contributed by atoms with Crippen LogP contribution in [0.4, 0.5) is 17.6 Å². The van der Waals surface area contributed by atoms with Crippen molar-refractivity contribution >= 4 is 0 Å². The maximum atomic E-state index is 14.6. The quantitative estimate of drug-likeness (QED) is 0.782. The molecular formula is C17H15F4N. The molecule has 5 heteroatoms. The van der Waals surface area contributed by atoms with Crippen LogP contribution in [0, 0.1) is 6.92 Å². The zero-order valence-corrected chi connectivity index (χ0v) is 11.9. The molecule has 3 rings (SSSR count). The Morgan fingerprint density at radius 2 is 1.50 bits per heavy atom. The highest BCUT2D eigenvalue weighted by Gasteiger charge is 2.61. The zero-order chi connectivity index (χ0) is 16.1. The first-order valence-electron chi connectivity index (χ1n) is 6.97. The lowest BCUT2D eigenvalue weighted by Gasteiger charge is -2.27. The van der Waals surface area contributed by atoms with Crippen LogP contribution >= 0.6 is 0 Å². The van der Waals surface area contributed by atoms with Crippen molar-refractivity contribution in [1.82, 2.24) is 0 Å². The average molecular weight is 309 g/mol. The fourth-order valence-corrected chi connectivity index (χ4v) is 3.10. The van der Waals surface area contributed by atoms with Gasteiger partial charge in [-0.1, -0.05) is 48.0 Å². The zero-order valence-electron chi connectivity index (χ0n) is 11.9. The van der Waals surface area contributed by atoms with Gasteiger partial charge in [-0.3, -0.25) is 0 Å². The van der Waals surface area contributed by atoms with Gasteiger partial charge >= 0.3 is 11.8 Å². The summed E-state index contributed by atoms with van der Waals surface area (Å²) in [6.45, 7) is 1.72. The second-order valence-electron chi connectivity index (χ2n) is 5.62. The molecule has 0 aliphatic heterocycles. The van der Waals surface area contributed by atoms with Gasteiger partial charge in [0.2, 0.25) is 0 Å². The van der Waals surface area contributed by atoms with Crippen molar-refractivity contribution in [3.8, 4) is 0 Å².